The van der Waals surface area contributed by atoms with E-state index in [2.05, 4.69) is 25.7 Å². The first kappa shape index (κ1) is 16.9. The summed E-state index contributed by atoms with van der Waals surface area (Å²) in [6, 6.07) is 0. The van der Waals surface area contributed by atoms with Gasteiger partial charge < -0.3 is 10.1 Å². The standard InChI is InChI=1S/C15H27NO2/c1-11(15(6,7)10-18-8)9-12(2)16-13(17)14(3,4)5/h9H,2,10H2,1,3-8H3,(H,16,17)/b11-9+. The molecule has 0 radical (unpaired) electrons. The van der Waals surface area contributed by atoms with Crippen LogP contribution >= 0.6 is 0 Å². The zero-order valence-corrected chi connectivity index (χ0v) is 12.8. The summed E-state index contributed by atoms with van der Waals surface area (Å²) in [7, 11) is 1.69. The predicted octanol–water partition coefficient (Wildman–Crippen LogP) is 3.28. The van der Waals surface area contributed by atoms with E-state index in [9.17, 15) is 4.79 Å². The molecule has 0 unspecified atom stereocenters. The van der Waals surface area contributed by atoms with E-state index in [1.807, 2.05) is 33.8 Å². The molecular formula is C15H27NO2. The Balaban J connectivity index is 4.70. The molecule has 0 atom stereocenters. The molecule has 0 aliphatic rings. The van der Waals surface area contributed by atoms with Gasteiger partial charge in [0.2, 0.25) is 5.91 Å². The first-order valence-electron chi connectivity index (χ1n) is 6.19. The van der Waals surface area contributed by atoms with Gasteiger partial charge in [0.05, 0.1) is 6.61 Å². The number of ether oxygens (including phenoxy) is 1. The lowest BCUT2D eigenvalue weighted by atomic mass is 9.85. The van der Waals surface area contributed by atoms with E-state index in [-0.39, 0.29) is 11.3 Å². The number of amides is 1. The normalized spacial score (nSPS) is 13.4. The Morgan fingerprint density at radius 2 is 1.78 bits per heavy atom. The maximum Gasteiger partial charge on any atom is 0.229 e. The van der Waals surface area contributed by atoms with E-state index in [1.54, 1.807) is 7.11 Å². The lowest BCUT2D eigenvalue weighted by molar-refractivity contribution is -0.127. The van der Waals surface area contributed by atoms with E-state index in [0.717, 1.165) is 5.57 Å². The van der Waals surface area contributed by atoms with Crippen molar-refractivity contribution in [3.63, 3.8) is 0 Å². The molecule has 0 aliphatic carbocycles. The van der Waals surface area contributed by atoms with Gasteiger partial charge in [-0.15, -0.1) is 0 Å². The van der Waals surface area contributed by atoms with Gasteiger partial charge in [0, 0.05) is 23.6 Å². The molecule has 0 bridgehead atoms. The van der Waals surface area contributed by atoms with Crippen LogP contribution in [0.25, 0.3) is 0 Å². The van der Waals surface area contributed by atoms with Gasteiger partial charge >= 0.3 is 0 Å². The number of rotatable bonds is 5. The van der Waals surface area contributed by atoms with Crippen molar-refractivity contribution >= 4 is 5.91 Å². The molecule has 0 aromatic rings. The minimum atomic E-state index is -0.410. The number of carbonyl (C=O) groups is 1. The molecule has 0 rings (SSSR count). The molecule has 1 N–H and O–H groups in total. The van der Waals surface area contributed by atoms with E-state index < -0.39 is 5.41 Å². The summed E-state index contributed by atoms with van der Waals surface area (Å²) < 4.78 is 5.19. The van der Waals surface area contributed by atoms with Crippen molar-refractivity contribution in [3.05, 3.63) is 23.9 Å². The Hall–Kier alpha value is -1.09. The zero-order chi connectivity index (χ0) is 14.6. The maximum absolute atomic E-state index is 11.8. The first-order chi connectivity index (χ1) is 8.00. The molecule has 1 amide bonds. The van der Waals surface area contributed by atoms with Gasteiger partial charge in [0.1, 0.15) is 0 Å². The van der Waals surface area contributed by atoms with Crippen LogP contribution in [0, 0.1) is 10.8 Å². The van der Waals surface area contributed by atoms with Gasteiger partial charge in [-0.2, -0.15) is 0 Å². The number of methoxy groups -OCH3 is 1. The summed E-state index contributed by atoms with van der Waals surface area (Å²) in [6.07, 6.45) is 1.91. The van der Waals surface area contributed by atoms with Crippen LogP contribution in [0.5, 0.6) is 0 Å². The second-order valence-corrected chi connectivity index (χ2v) is 6.37. The molecule has 18 heavy (non-hydrogen) atoms. The average Bonchev–Trinajstić information content (AvgIpc) is 2.15. The highest BCUT2D eigenvalue weighted by molar-refractivity contribution is 5.83. The second kappa shape index (κ2) is 6.19. The summed E-state index contributed by atoms with van der Waals surface area (Å²) in [5.74, 6) is -0.0268. The van der Waals surface area contributed by atoms with E-state index >= 15 is 0 Å². The van der Waals surface area contributed by atoms with E-state index in [1.165, 1.54) is 0 Å². The smallest absolute Gasteiger partial charge is 0.229 e. The van der Waals surface area contributed by atoms with Crippen molar-refractivity contribution in [2.75, 3.05) is 13.7 Å². The highest BCUT2D eigenvalue weighted by atomic mass is 16.5. The number of allylic oxidation sites excluding steroid dienone is 1. The van der Waals surface area contributed by atoms with Crippen molar-refractivity contribution in [1.82, 2.24) is 5.32 Å². The fourth-order valence-electron chi connectivity index (χ4n) is 1.30. The van der Waals surface area contributed by atoms with Crippen LogP contribution in [-0.4, -0.2) is 19.6 Å². The van der Waals surface area contributed by atoms with Crippen LogP contribution in [0.15, 0.2) is 23.9 Å². The summed E-state index contributed by atoms with van der Waals surface area (Å²) in [4.78, 5) is 11.8. The Morgan fingerprint density at radius 3 is 2.17 bits per heavy atom. The van der Waals surface area contributed by atoms with Crippen molar-refractivity contribution < 1.29 is 9.53 Å². The fourth-order valence-corrected chi connectivity index (χ4v) is 1.30. The second-order valence-electron chi connectivity index (χ2n) is 6.37. The van der Waals surface area contributed by atoms with E-state index in [0.29, 0.717) is 12.3 Å². The fraction of sp³-hybridized carbons (Fsp3) is 0.667. The summed E-state index contributed by atoms with van der Waals surface area (Å²) in [6.45, 7) is 16.4. The third kappa shape index (κ3) is 5.50. The molecular weight excluding hydrogens is 226 g/mol. The maximum atomic E-state index is 11.8. The number of hydrogen-bond acceptors (Lipinski definition) is 2. The molecule has 0 saturated carbocycles. The van der Waals surface area contributed by atoms with Crippen LogP contribution in [-0.2, 0) is 9.53 Å². The molecule has 104 valence electrons. The van der Waals surface area contributed by atoms with E-state index in [4.69, 9.17) is 4.74 Å². The molecule has 0 spiro atoms. The summed E-state index contributed by atoms with van der Waals surface area (Å²) in [5.41, 5.74) is 1.27. The molecule has 0 aromatic carbocycles. The van der Waals surface area contributed by atoms with Gasteiger partial charge in [-0.05, 0) is 13.0 Å². The Morgan fingerprint density at radius 1 is 1.28 bits per heavy atom. The Bertz CT molecular complexity index is 346. The predicted molar refractivity (Wildman–Crippen MR) is 76.2 cm³/mol. The minimum absolute atomic E-state index is 0.0268. The van der Waals surface area contributed by atoms with Crippen LogP contribution in [0.2, 0.25) is 0 Å². The van der Waals surface area contributed by atoms with Gasteiger partial charge in [-0.3, -0.25) is 4.79 Å². The molecule has 0 heterocycles. The molecule has 3 nitrogen and oxygen atoms in total. The minimum Gasteiger partial charge on any atom is -0.384 e. The number of carbonyl (C=O) groups excluding carboxylic acids is 1. The summed E-state index contributed by atoms with van der Waals surface area (Å²) >= 11 is 0. The lowest BCUT2D eigenvalue weighted by Gasteiger charge is -2.25. The van der Waals surface area contributed by atoms with Crippen molar-refractivity contribution in [3.8, 4) is 0 Å². The highest BCUT2D eigenvalue weighted by Crippen LogP contribution is 2.26. The first-order valence-corrected chi connectivity index (χ1v) is 6.19. The molecule has 0 fully saturated rings. The monoisotopic (exact) mass is 253 g/mol. The Kier molecular flexibility index (Phi) is 5.81. The lowest BCUT2D eigenvalue weighted by Crippen LogP contribution is -2.33. The van der Waals surface area contributed by atoms with Crippen LogP contribution in [0.1, 0.15) is 41.5 Å². The Labute approximate surface area is 111 Å². The number of hydrogen-bond donors (Lipinski definition) is 1. The van der Waals surface area contributed by atoms with Crippen LogP contribution < -0.4 is 5.32 Å². The van der Waals surface area contributed by atoms with Crippen molar-refractivity contribution in [2.24, 2.45) is 10.8 Å². The summed E-state index contributed by atoms with van der Waals surface area (Å²) in [5, 5.41) is 2.81. The molecule has 0 aromatic heterocycles. The third-order valence-corrected chi connectivity index (χ3v) is 2.92. The third-order valence-electron chi connectivity index (χ3n) is 2.92. The largest absolute Gasteiger partial charge is 0.384 e. The molecule has 3 heteroatoms. The van der Waals surface area contributed by atoms with Crippen molar-refractivity contribution in [1.29, 1.82) is 0 Å². The van der Waals surface area contributed by atoms with Crippen molar-refractivity contribution in [2.45, 2.75) is 41.5 Å². The van der Waals surface area contributed by atoms with Gasteiger partial charge in [-0.25, -0.2) is 0 Å². The van der Waals surface area contributed by atoms with Gasteiger partial charge in [0.25, 0.3) is 0 Å². The zero-order valence-electron chi connectivity index (χ0n) is 12.8. The molecule has 0 aliphatic heterocycles. The quantitative estimate of drug-likeness (QED) is 0.764. The topological polar surface area (TPSA) is 38.3 Å². The number of nitrogens with one attached hydrogen (secondary N) is 1. The van der Waals surface area contributed by atoms with Gasteiger partial charge in [-0.1, -0.05) is 46.8 Å². The van der Waals surface area contributed by atoms with Crippen LogP contribution in [0.4, 0.5) is 0 Å². The highest BCUT2D eigenvalue weighted by Gasteiger charge is 2.23. The van der Waals surface area contributed by atoms with Gasteiger partial charge in [0.15, 0.2) is 0 Å². The molecule has 0 saturated heterocycles. The SMILES string of the molecule is C=C(/C=C(\C)C(C)(C)COC)NC(=O)C(C)(C)C. The average molecular weight is 253 g/mol. The van der Waals surface area contributed by atoms with Crippen LogP contribution in [0.3, 0.4) is 0 Å².